The molecule has 1 aromatic carbocycles. The van der Waals surface area contributed by atoms with E-state index >= 15 is 0 Å². The standard InChI is InChI=1S/C15H21NO5/c1-10(2)12-8-14(20-4)15(9-13(12)16(18)19)21-7-5-6-11(3)17/h8-10H,5-7H2,1-4H3. The van der Waals surface area contributed by atoms with E-state index in [0.717, 1.165) is 0 Å². The number of nitro groups is 1. The highest BCUT2D eigenvalue weighted by Gasteiger charge is 2.21. The van der Waals surface area contributed by atoms with Gasteiger partial charge in [0.25, 0.3) is 5.69 Å². The number of nitro benzene ring substituents is 1. The molecule has 0 spiro atoms. The van der Waals surface area contributed by atoms with Crippen molar-refractivity contribution in [1.29, 1.82) is 0 Å². The third-order valence-electron chi connectivity index (χ3n) is 3.06. The zero-order valence-electron chi connectivity index (χ0n) is 12.8. The van der Waals surface area contributed by atoms with Gasteiger partial charge in [-0.2, -0.15) is 0 Å². The Labute approximate surface area is 124 Å². The van der Waals surface area contributed by atoms with Crippen LogP contribution >= 0.6 is 0 Å². The second-order valence-electron chi connectivity index (χ2n) is 5.13. The van der Waals surface area contributed by atoms with Crippen molar-refractivity contribution < 1.29 is 19.2 Å². The first-order valence-electron chi connectivity index (χ1n) is 6.85. The van der Waals surface area contributed by atoms with E-state index in [1.54, 1.807) is 6.07 Å². The summed E-state index contributed by atoms with van der Waals surface area (Å²) in [6, 6.07) is 3.03. The highest BCUT2D eigenvalue weighted by atomic mass is 16.6. The minimum atomic E-state index is -0.419. The van der Waals surface area contributed by atoms with Gasteiger partial charge in [0.2, 0.25) is 0 Å². The first kappa shape index (κ1) is 16.9. The number of Topliss-reactive ketones (excluding diaryl/α,β-unsaturated/α-hetero) is 1. The lowest BCUT2D eigenvalue weighted by Gasteiger charge is -2.14. The molecule has 0 aliphatic carbocycles. The van der Waals surface area contributed by atoms with Gasteiger partial charge in [-0.15, -0.1) is 0 Å². The zero-order chi connectivity index (χ0) is 16.0. The molecular weight excluding hydrogens is 274 g/mol. The summed E-state index contributed by atoms with van der Waals surface area (Å²) in [5.41, 5.74) is 0.625. The number of methoxy groups -OCH3 is 1. The molecule has 0 N–H and O–H groups in total. The molecule has 0 aromatic heterocycles. The second kappa shape index (κ2) is 7.61. The van der Waals surface area contributed by atoms with Crippen molar-refractivity contribution in [3.05, 3.63) is 27.8 Å². The van der Waals surface area contributed by atoms with Gasteiger partial charge in [0.05, 0.1) is 24.7 Å². The maximum absolute atomic E-state index is 11.2. The smallest absolute Gasteiger partial charge is 0.276 e. The molecule has 0 radical (unpaired) electrons. The normalized spacial score (nSPS) is 10.5. The summed E-state index contributed by atoms with van der Waals surface area (Å²) < 4.78 is 10.8. The average molecular weight is 295 g/mol. The Morgan fingerprint density at radius 3 is 2.48 bits per heavy atom. The van der Waals surface area contributed by atoms with Crippen LogP contribution in [0.3, 0.4) is 0 Å². The van der Waals surface area contributed by atoms with Gasteiger partial charge in [-0.05, 0) is 25.3 Å². The van der Waals surface area contributed by atoms with E-state index in [9.17, 15) is 14.9 Å². The maximum Gasteiger partial charge on any atom is 0.276 e. The topological polar surface area (TPSA) is 78.7 Å². The van der Waals surface area contributed by atoms with E-state index in [1.165, 1.54) is 20.1 Å². The lowest BCUT2D eigenvalue weighted by molar-refractivity contribution is -0.385. The number of ether oxygens (including phenoxy) is 2. The molecule has 0 bridgehead atoms. The van der Waals surface area contributed by atoms with E-state index in [1.807, 2.05) is 13.8 Å². The Hall–Kier alpha value is -2.11. The summed E-state index contributed by atoms with van der Waals surface area (Å²) in [7, 11) is 1.49. The zero-order valence-corrected chi connectivity index (χ0v) is 12.8. The average Bonchev–Trinajstić information content (AvgIpc) is 2.42. The fraction of sp³-hybridized carbons (Fsp3) is 0.533. The minimum absolute atomic E-state index is 0.00561. The van der Waals surface area contributed by atoms with Crippen molar-refractivity contribution in [2.24, 2.45) is 0 Å². The van der Waals surface area contributed by atoms with Gasteiger partial charge in [-0.25, -0.2) is 0 Å². The first-order valence-corrected chi connectivity index (χ1v) is 6.85. The van der Waals surface area contributed by atoms with Crippen molar-refractivity contribution in [3.63, 3.8) is 0 Å². The van der Waals surface area contributed by atoms with Crippen LogP contribution in [0.5, 0.6) is 11.5 Å². The van der Waals surface area contributed by atoms with Gasteiger partial charge < -0.3 is 14.3 Å². The van der Waals surface area contributed by atoms with Crippen LogP contribution < -0.4 is 9.47 Å². The molecule has 116 valence electrons. The van der Waals surface area contributed by atoms with Gasteiger partial charge >= 0.3 is 0 Å². The number of carbonyl (C=O) groups excluding carboxylic acids is 1. The lowest BCUT2D eigenvalue weighted by atomic mass is 10.0. The fourth-order valence-electron chi connectivity index (χ4n) is 1.96. The van der Waals surface area contributed by atoms with Crippen LogP contribution in [0.15, 0.2) is 12.1 Å². The molecule has 0 amide bonds. The highest BCUT2D eigenvalue weighted by molar-refractivity contribution is 5.75. The van der Waals surface area contributed by atoms with Crippen LogP contribution in [0.4, 0.5) is 5.69 Å². The Morgan fingerprint density at radius 2 is 2.00 bits per heavy atom. The molecule has 1 rings (SSSR count). The number of carbonyl (C=O) groups is 1. The summed E-state index contributed by atoms with van der Waals surface area (Å²) in [5, 5.41) is 11.2. The molecule has 6 heteroatoms. The van der Waals surface area contributed by atoms with E-state index < -0.39 is 4.92 Å². The number of benzene rings is 1. The van der Waals surface area contributed by atoms with Crippen LogP contribution in [0, 0.1) is 10.1 Å². The molecule has 21 heavy (non-hydrogen) atoms. The van der Waals surface area contributed by atoms with Gasteiger partial charge in [0.15, 0.2) is 11.5 Å². The Balaban J connectivity index is 2.99. The van der Waals surface area contributed by atoms with Crippen LogP contribution in [-0.4, -0.2) is 24.4 Å². The second-order valence-corrected chi connectivity index (χ2v) is 5.13. The summed E-state index contributed by atoms with van der Waals surface area (Å²) >= 11 is 0. The lowest BCUT2D eigenvalue weighted by Crippen LogP contribution is -2.04. The summed E-state index contributed by atoms with van der Waals surface area (Å²) in [4.78, 5) is 21.6. The Bertz CT molecular complexity index is 525. The van der Waals surface area contributed by atoms with Crippen molar-refractivity contribution in [1.82, 2.24) is 0 Å². The molecule has 0 saturated heterocycles. The van der Waals surface area contributed by atoms with Crippen LogP contribution in [0.25, 0.3) is 0 Å². The molecule has 0 unspecified atom stereocenters. The number of ketones is 1. The molecule has 0 fully saturated rings. The first-order chi connectivity index (χ1) is 9.86. The van der Waals surface area contributed by atoms with Gasteiger partial charge in [0, 0.05) is 12.0 Å². The number of nitrogens with zero attached hydrogens (tertiary/aromatic N) is 1. The molecule has 1 aromatic rings. The van der Waals surface area contributed by atoms with Crippen LogP contribution in [0.2, 0.25) is 0 Å². The maximum atomic E-state index is 11.2. The third-order valence-corrected chi connectivity index (χ3v) is 3.06. The van der Waals surface area contributed by atoms with Crippen molar-refractivity contribution >= 4 is 11.5 Å². The monoisotopic (exact) mass is 295 g/mol. The number of rotatable bonds is 8. The highest BCUT2D eigenvalue weighted by Crippen LogP contribution is 2.37. The van der Waals surface area contributed by atoms with Crippen LogP contribution in [0.1, 0.15) is 45.1 Å². The van der Waals surface area contributed by atoms with E-state index in [0.29, 0.717) is 36.5 Å². The third kappa shape index (κ3) is 4.73. The predicted molar refractivity (Wildman–Crippen MR) is 79.1 cm³/mol. The van der Waals surface area contributed by atoms with Gasteiger partial charge in [-0.1, -0.05) is 13.8 Å². The summed E-state index contributed by atoms with van der Waals surface area (Å²) in [6.45, 7) is 5.60. The molecule has 0 heterocycles. The van der Waals surface area contributed by atoms with Gasteiger partial charge in [0.1, 0.15) is 5.78 Å². The summed E-state index contributed by atoms with van der Waals surface area (Å²) in [6.07, 6.45) is 0.993. The van der Waals surface area contributed by atoms with Crippen molar-refractivity contribution in [2.45, 2.75) is 39.5 Å². The van der Waals surface area contributed by atoms with Crippen LogP contribution in [-0.2, 0) is 4.79 Å². The number of hydrogen-bond donors (Lipinski definition) is 0. The molecule has 0 aliphatic heterocycles. The fourth-order valence-corrected chi connectivity index (χ4v) is 1.96. The SMILES string of the molecule is COc1cc(C(C)C)c([N+](=O)[O-])cc1OCCCC(C)=O. The van der Waals surface area contributed by atoms with E-state index in [2.05, 4.69) is 0 Å². The molecule has 0 atom stereocenters. The van der Waals surface area contributed by atoms with E-state index in [4.69, 9.17) is 9.47 Å². The molecule has 0 saturated carbocycles. The van der Waals surface area contributed by atoms with E-state index in [-0.39, 0.29) is 17.4 Å². The molecular formula is C15H21NO5. The Morgan fingerprint density at radius 1 is 1.33 bits per heavy atom. The number of hydrogen-bond acceptors (Lipinski definition) is 5. The largest absolute Gasteiger partial charge is 0.493 e. The Kier molecular flexibility index (Phi) is 6.14. The molecule has 0 aliphatic rings. The summed E-state index contributed by atoms with van der Waals surface area (Å²) in [5.74, 6) is 0.891. The predicted octanol–water partition coefficient (Wildman–Crippen LogP) is 3.47. The van der Waals surface area contributed by atoms with Crippen molar-refractivity contribution in [2.75, 3.05) is 13.7 Å². The minimum Gasteiger partial charge on any atom is -0.493 e. The van der Waals surface area contributed by atoms with Gasteiger partial charge in [-0.3, -0.25) is 10.1 Å². The quantitative estimate of drug-likeness (QED) is 0.417. The molecule has 6 nitrogen and oxygen atoms in total. The van der Waals surface area contributed by atoms with Crippen molar-refractivity contribution in [3.8, 4) is 11.5 Å².